The predicted molar refractivity (Wildman–Crippen MR) is 168 cm³/mol. The van der Waals surface area contributed by atoms with Crippen LogP contribution in [0.1, 0.15) is 38.3 Å². The van der Waals surface area contributed by atoms with E-state index in [1.165, 1.54) is 12.1 Å². The molecule has 0 spiro atoms. The van der Waals surface area contributed by atoms with Gasteiger partial charge in [0.05, 0.1) is 41.3 Å². The molecule has 3 aromatic rings. The molecule has 1 saturated heterocycles. The fourth-order valence-corrected chi connectivity index (χ4v) is 5.39. The Kier molecular flexibility index (Phi) is 10.1. The number of nitrogens with two attached hydrogens (primary N) is 2. The monoisotopic (exact) mass is 612 g/mol. The summed E-state index contributed by atoms with van der Waals surface area (Å²) in [5.74, 6) is -1.58. The first-order chi connectivity index (χ1) is 20.8. The Labute approximate surface area is 255 Å². The number of carbonyl (C=O) groups excluding carboxylic acids is 2. The van der Waals surface area contributed by atoms with Crippen molar-refractivity contribution in [1.82, 2.24) is 4.90 Å². The Morgan fingerprint density at radius 3 is 2.32 bits per heavy atom. The number of rotatable bonds is 10. The standard InChI is InChI=1S/C32H39F3N6O3/c1-20-24(21-16-25(30(37)42)29(36)28(17-21)40(4)11-7-10-39(2)3)18-22(19-27(20)41-12-14-44-15-13-41)38-31(43)23-8-5-6-9-26(23)32(33,34)35/h5-6,8-9,16-19H,7,10-15,36H2,1-4H3,(H2,37,42)(H,38,43). The van der Waals surface area contributed by atoms with E-state index in [9.17, 15) is 22.8 Å². The maximum atomic E-state index is 13.7. The van der Waals surface area contributed by atoms with Gasteiger partial charge < -0.3 is 36.2 Å². The van der Waals surface area contributed by atoms with Gasteiger partial charge in [0.1, 0.15) is 0 Å². The molecule has 5 N–H and O–H groups in total. The third-order valence-electron chi connectivity index (χ3n) is 7.71. The van der Waals surface area contributed by atoms with Crippen molar-refractivity contribution >= 4 is 34.6 Å². The summed E-state index contributed by atoms with van der Waals surface area (Å²) in [6.07, 6.45) is -3.85. The van der Waals surface area contributed by atoms with Crippen molar-refractivity contribution in [2.24, 2.45) is 5.73 Å². The number of nitrogens with one attached hydrogen (secondary N) is 1. The summed E-state index contributed by atoms with van der Waals surface area (Å²) in [6, 6.07) is 11.6. The molecule has 1 fully saturated rings. The average molecular weight is 613 g/mol. The lowest BCUT2D eigenvalue weighted by atomic mass is 9.94. The van der Waals surface area contributed by atoms with Crippen LogP contribution in [-0.2, 0) is 10.9 Å². The van der Waals surface area contributed by atoms with Crippen LogP contribution in [0, 0.1) is 6.92 Å². The maximum Gasteiger partial charge on any atom is 0.417 e. The number of amides is 2. The van der Waals surface area contributed by atoms with Gasteiger partial charge in [-0.3, -0.25) is 9.59 Å². The molecule has 9 nitrogen and oxygen atoms in total. The third-order valence-corrected chi connectivity index (χ3v) is 7.71. The highest BCUT2D eigenvalue weighted by atomic mass is 19.4. The lowest BCUT2D eigenvalue weighted by molar-refractivity contribution is -0.137. The third kappa shape index (κ3) is 7.43. The quantitative estimate of drug-likeness (QED) is 0.281. The summed E-state index contributed by atoms with van der Waals surface area (Å²) in [7, 11) is 5.86. The van der Waals surface area contributed by atoms with Crippen molar-refractivity contribution in [2.45, 2.75) is 19.5 Å². The molecule has 2 amide bonds. The van der Waals surface area contributed by atoms with E-state index in [1.54, 1.807) is 18.2 Å². The van der Waals surface area contributed by atoms with Crippen LogP contribution < -0.4 is 26.6 Å². The van der Waals surface area contributed by atoms with E-state index >= 15 is 0 Å². The Morgan fingerprint density at radius 1 is 1.00 bits per heavy atom. The Hall–Kier alpha value is -4.29. The predicted octanol–water partition coefficient (Wildman–Crippen LogP) is 4.84. The highest BCUT2D eigenvalue weighted by Crippen LogP contribution is 2.40. The number of anilines is 4. The van der Waals surface area contributed by atoms with Crippen LogP contribution in [0.25, 0.3) is 11.1 Å². The lowest BCUT2D eigenvalue weighted by Crippen LogP contribution is -2.36. The van der Waals surface area contributed by atoms with E-state index in [-0.39, 0.29) is 11.3 Å². The van der Waals surface area contributed by atoms with E-state index in [2.05, 4.69) is 15.1 Å². The molecule has 0 bridgehead atoms. The summed E-state index contributed by atoms with van der Waals surface area (Å²) >= 11 is 0. The van der Waals surface area contributed by atoms with E-state index in [4.69, 9.17) is 16.2 Å². The summed E-state index contributed by atoms with van der Waals surface area (Å²) in [6.45, 7) is 5.61. The van der Waals surface area contributed by atoms with Crippen LogP contribution in [-0.4, -0.2) is 77.3 Å². The number of hydrogen-bond acceptors (Lipinski definition) is 7. The van der Waals surface area contributed by atoms with Gasteiger partial charge in [-0.05, 0) is 87.1 Å². The molecule has 1 aliphatic rings. The SMILES string of the molecule is Cc1c(-c2cc(C(N)=O)c(N)c(N(C)CCCN(C)C)c2)cc(NC(=O)c2ccccc2C(F)(F)F)cc1N1CCOCC1. The molecule has 3 aromatic carbocycles. The minimum atomic E-state index is -4.70. The van der Waals surface area contributed by atoms with Crippen molar-refractivity contribution < 1.29 is 27.5 Å². The second kappa shape index (κ2) is 13.6. The highest BCUT2D eigenvalue weighted by Gasteiger charge is 2.35. The molecule has 236 valence electrons. The fourth-order valence-electron chi connectivity index (χ4n) is 5.39. The van der Waals surface area contributed by atoms with Crippen LogP contribution in [0.4, 0.5) is 35.9 Å². The Balaban J connectivity index is 1.83. The Morgan fingerprint density at radius 2 is 1.68 bits per heavy atom. The van der Waals surface area contributed by atoms with Gasteiger partial charge in [0.15, 0.2) is 0 Å². The van der Waals surface area contributed by atoms with E-state index in [0.29, 0.717) is 55.3 Å². The summed E-state index contributed by atoms with van der Waals surface area (Å²) in [5, 5.41) is 2.68. The lowest BCUT2D eigenvalue weighted by Gasteiger charge is -2.31. The first kappa shape index (κ1) is 32.6. The van der Waals surface area contributed by atoms with Crippen LogP contribution in [0.5, 0.6) is 0 Å². The number of nitrogens with zero attached hydrogens (tertiary/aromatic N) is 3. The molecule has 1 aliphatic heterocycles. The Bertz CT molecular complexity index is 1520. The van der Waals surface area contributed by atoms with Crippen molar-refractivity contribution in [2.75, 3.05) is 81.4 Å². The smallest absolute Gasteiger partial charge is 0.396 e. The van der Waals surface area contributed by atoms with Gasteiger partial charge >= 0.3 is 6.18 Å². The largest absolute Gasteiger partial charge is 0.417 e. The van der Waals surface area contributed by atoms with Gasteiger partial charge in [0, 0.05) is 38.1 Å². The second-order valence-electron chi connectivity index (χ2n) is 11.2. The van der Waals surface area contributed by atoms with Crippen LogP contribution in [0.15, 0.2) is 48.5 Å². The molecule has 44 heavy (non-hydrogen) atoms. The number of benzene rings is 3. The van der Waals surface area contributed by atoms with Crippen molar-refractivity contribution in [3.63, 3.8) is 0 Å². The number of hydrogen-bond donors (Lipinski definition) is 3. The molecule has 0 atom stereocenters. The zero-order valence-corrected chi connectivity index (χ0v) is 25.4. The topological polar surface area (TPSA) is 117 Å². The first-order valence-corrected chi connectivity index (χ1v) is 14.3. The number of morpholine rings is 1. The fraction of sp³-hybridized carbons (Fsp3) is 0.375. The molecular weight excluding hydrogens is 573 g/mol. The first-order valence-electron chi connectivity index (χ1n) is 14.3. The number of nitrogen functional groups attached to an aromatic ring is 1. The summed E-state index contributed by atoms with van der Waals surface area (Å²) < 4.78 is 46.6. The minimum absolute atomic E-state index is 0.151. The average Bonchev–Trinajstić information content (AvgIpc) is 2.97. The van der Waals surface area contributed by atoms with Crippen molar-refractivity contribution in [1.29, 1.82) is 0 Å². The molecular formula is C32H39F3N6O3. The molecule has 4 rings (SSSR count). The van der Waals surface area contributed by atoms with Crippen LogP contribution in [0.3, 0.4) is 0 Å². The van der Waals surface area contributed by atoms with Crippen molar-refractivity contribution in [3.8, 4) is 11.1 Å². The van der Waals surface area contributed by atoms with Gasteiger partial charge in [0.25, 0.3) is 11.8 Å². The molecule has 0 radical (unpaired) electrons. The number of halogens is 3. The van der Waals surface area contributed by atoms with Crippen LogP contribution in [0.2, 0.25) is 0 Å². The van der Waals surface area contributed by atoms with Gasteiger partial charge in [-0.1, -0.05) is 12.1 Å². The zero-order valence-electron chi connectivity index (χ0n) is 25.4. The number of carbonyl (C=O) groups is 2. The summed E-state index contributed by atoms with van der Waals surface area (Å²) in [4.78, 5) is 31.9. The number of alkyl halides is 3. The van der Waals surface area contributed by atoms with E-state index in [0.717, 1.165) is 36.3 Å². The molecule has 0 saturated carbocycles. The van der Waals surface area contributed by atoms with Gasteiger partial charge in [-0.25, -0.2) is 0 Å². The van der Waals surface area contributed by atoms with Gasteiger partial charge in [-0.15, -0.1) is 0 Å². The minimum Gasteiger partial charge on any atom is -0.396 e. The van der Waals surface area contributed by atoms with Gasteiger partial charge in [0.2, 0.25) is 0 Å². The van der Waals surface area contributed by atoms with Crippen molar-refractivity contribution in [3.05, 3.63) is 70.8 Å². The highest BCUT2D eigenvalue weighted by molar-refractivity contribution is 6.07. The number of primary amides is 1. The molecule has 0 unspecified atom stereocenters. The number of ether oxygens (including phenoxy) is 1. The van der Waals surface area contributed by atoms with E-state index in [1.807, 2.05) is 39.0 Å². The molecule has 0 aromatic heterocycles. The van der Waals surface area contributed by atoms with E-state index < -0.39 is 29.1 Å². The van der Waals surface area contributed by atoms with Crippen LogP contribution >= 0.6 is 0 Å². The molecule has 0 aliphatic carbocycles. The van der Waals surface area contributed by atoms with Gasteiger partial charge in [-0.2, -0.15) is 13.2 Å². The molecule has 12 heteroatoms. The second-order valence-corrected chi connectivity index (χ2v) is 11.2. The molecule has 1 heterocycles. The summed E-state index contributed by atoms with van der Waals surface area (Å²) in [5.41, 5.74) is 14.9. The normalized spacial score (nSPS) is 13.7. The maximum absolute atomic E-state index is 13.7. The zero-order chi connectivity index (χ0) is 32.2.